The van der Waals surface area contributed by atoms with Crippen LogP contribution in [-0.4, -0.2) is 18.3 Å². The fraction of sp³-hybridized carbons (Fsp3) is 0.462. The van der Waals surface area contributed by atoms with Crippen LogP contribution in [0.1, 0.15) is 17.5 Å². The van der Waals surface area contributed by atoms with E-state index in [1.54, 1.807) is 0 Å². The lowest BCUT2D eigenvalue weighted by Crippen LogP contribution is -2.25. The van der Waals surface area contributed by atoms with Crippen LogP contribution < -0.4 is 4.90 Å². The number of alkyl halides is 1. The zero-order valence-electron chi connectivity index (χ0n) is 10.3. The predicted molar refractivity (Wildman–Crippen MR) is 82.5 cm³/mol. The summed E-state index contributed by atoms with van der Waals surface area (Å²) in [6, 6.07) is 2.04. The van der Waals surface area contributed by atoms with Crippen LogP contribution in [0.5, 0.6) is 0 Å². The van der Waals surface area contributed by atoms with Crippen LogP contribution in [0, 0.1) is 19.8 Å². The zero-order chi connectivity index (χ0) is 13.4. The maximum Gasteiger partial charge on any atom is 0.227 e. The van der Waals surface area contributed by atoms with Gasteiger partial charge >= 0.3 is 0 Å². The first-order valence-corrected chi connectivity index (χ1v) is 7.89. The predicted octanol–water partition coefficient (Wildman–Crippen LogP) is 4.42. The maximum absolute atomic E-state index is 12.0. The Kier molecular flexibility index (Phi) is 4.40. The molecule has 98 valence electrons. The van der Waals surface area contributed by atoms with Crippen LogP contribution in [0.25, 0.3) is 0 Å². The Labute approximate surface area is 129 Å². The van der Waals surface area contributed by atoms with Gasteiger partial charge in [-0.15, -0.1) is 11.6 Å². The van der Waals surface area contributed by atoms with Crippen molar-refractivity contribution in [2.75, 3.05) is 17.3 Å². The number of amides is 1. The summed E-state index contributed by atoms with van der Waals surface area (Å²) in [5.74, 6) is 0.951. The molecule has 0 aliphatic carbocycles. The number of hydrogen-bond acceptors (Lipinski definition) is 1. The number of rotatable bonds is 2. The Balaban J connectivity index is 2.43. The lowest BCUT2D eigenvalue weighted by atomic mass is 10.1. The van der Waals surface area contributed by atoms with E-state index in [9.17, 15) is 4.79 Å². The van der Waals surface area contributed by atoms with Crippen molar-refractivity contribution in [2.24, 2.45) is 5.92 Å². The molecule has 1 amide bonds. The fourth-order valence-electron chi connectivity index (χ4n) is 2.23. The van der Waals surface area contributed by atoms with E-state index in [4.69, 9.17) is 11.6 Å². The van der Waals surface area contributed by atoms with Crippen molar-refractivity contribution >= 4 is 55.1 Å². The molecule has 1 atom stereocenters. The Morgan fingerprint density at radius 2 is 2.06 bits per heavy atom. The molecule has 0 spiro atoms. The van der Waals surface area contributed by atoms with Gasteiger partial charge in [0.15, 0.2) is 0 Å². The highest BCUT2D eigenvalue weighted by Crippen LogP contribution is 2.38. The van der Waals surface area contributed by atoms with Crippen molar-refractivity contribution in [3.63, 3.8) is 0 Å². The van der Waals surface area contributed by atoms with E-state index < -0.39 is 0 Å². The van der Waals surface area contributed by atoms with Gasteiger partial charge in [-0.25, -0.2) is 0 Å². The van der Waals surface area contributed by atoms with Crippen LogP contribution in [0.4, 0.5) is 5.69 Å². The largest absolute Gasteiger partial charge is 0.311 e. The molecule has 18 heavy (non-hydrogen) atoms. The van der Waals surface area contributed by atoms with Gasteiger partial charge in [0, 0.05) is 27.8 Å². The SMILES string of the molecule is Cc1cc(N2CC(CCl)CC2=O)c(Br)c(C)c1Br. The number of anilines is 1. The number of aryl methyl sites for hydroxylation is 1. The zero-order valence-corrected chi connectivity index (χ0v) is 14.2. The van der Waals surface area contributed by atoms with E-state index in [1.807, 2.05) is 24.8 Å². The topological polar surface area (TPSA) is 20.3 Å². The molecule has 1 aromatic carbocycles. The minimum Gasteiger partial charge on any atom is -0.311 e. The Morgan fingerprint density at radius 1 is 1.39 bits per heavy atom. The minimum absolute atomic E-state index is 0.155. The first-order chi connectivity index (χ1) is 8.45. The van der Waals surface area contributed by atoms with Crippen LogP contribution >= 0.6 is 43.5 Å². The average Bonchev–Trinajstić information content (AvgIpc) is 2.72. The second-order valence-corrected chi connectivity index (χ2v) is 6.59. The molecule has 1 aliphatic heterocycles. The fourth-order valence-corrected chi connectivity index (χ4v) is 3.54. The van der Waals surface area contributed by atoms with Gasteiger partial charge in [-0.3, -0.25) is 4.79 Å². The van der Waals surface area contributed by atoms with Crippen LogP contribution in [0.3, 0.4) is 0 Å². The number of carbonyl (C=O) groups excluding carboxylic acids is 1. The first-order valence-electron chi connectivity index (χ1n) is 5.77. The van der Waals surface area contributed by atoms with Gasteiger partial charge in [0.2, 0.25) is 5.91 Å². The highest BCUT2D eigenvalue weighted by molar-refractivity contribution is 9.11. The summed E-state index contributed by atoms with van der Waals surface area (Å²) < 4.78 is 2.06. The van der Waals surface area contributed by atoms with Crippen molar-refractivity contribution in [2.45, 2.75) is 20.3 Å². The van der Waals surface area contributed by atoms with Gasteiger partial charge in [-0.1, -0.05) is 15.9 Å². The summed E-state index contributed by atoms with van der Waals surface area (Å²) in [5, 5.41) is 0. The number of nitrogens with zero attached hydrogens (tertiary/aromatic N) is 1. The van der Waals surface area contributed by atoms with Gasteiger partial charge < -0.3 is 4.90 Å². The second kappa shape index (κ2) is 5.51. The number of hydrogen-bond donors (Lipinski definition) is 0. The van der Waals surface area contributed by atoms with Gasteiger partial charge in [0.25, 0.3) is 0 Å². The molecule has 0 aromatic heterocycles. The van der Waals surface area contributed by atoms with Crippen molar-refractivity contribution in [1.29, 1.82) is 0 Å². The summed E-state index contributed by atoms with van der Waals surface area (Å²) in [5.41, 5.74) is 3.20. The van der Waals surface area contributed by atoms with Crippen molar-refractivity contribution < 1.29 is 4.79 Å². The molecule has 0 bridgehead atoms. The Bertz CT molecular complexity index is 504. The van der Waals surface area contributed by atoms with Crippen molar-refractivity contribution in [3.05, 3.63) is 26.1 Å². The average molecular weight is 396 g/mol. The van der Waals surface area contributed by atoms with E-state index in [0.29, 0.717) is 18.8 Å². The molecule has 2 nitrogen and oxygen atoms in total. The summed E-state index contributed by atoms with van der Waals surface area (Å²) in [6.07, 6.45) is 0.546. The van der Waals surface area contributed by atoms with Gasteiger partial charge in [-0.05, 0) is 52.9 Å². The maximum atomic E-state index is 12.0. The molecular formula is C13H14Br2ClNO. The number of halogens is 3. The molecule has 5 heteroatoms. The molecule has 2 rings (SSSR count). The van der Waals surface area contributed by atoms with Gasteiger partial charge in [-0.2, -0.15) is 0 Å². The van der Waals surface area contributed by atoms with Gasteiger partial charge in [0.05, 0.1) is 5.69 Å². The quantitative estimate of drug-likeness (QED) is 0.679. The van der Waals surface area contributed by atoms with E-state index >= 15 is 0 Å². The third kappa shape index (κ3) is 2.47. The van der Waals surface area contributed by atoms with Crippen LogP contribution in [-0.2, 0) is 4.79 Å². The molecule has 1 heterocycles. The van der Waals surface area contributed by atoms with E-state index in [1.165, 1.54) is 0 Å². The normalized spacial score (nSPS) is 19.7. The van der Waals surface area contributed by atoms with E-state index in [2.05, 4.69) is 31.9 Å². The molecule has 1 fully saturated rings. The lowest BCUT2D eigenvalue weighted by Gasteiger charge is -2.21. The number of carbonyl (C=O) groups is 1. The molecular weight excluding hydrogens is 381 g/mol. The molecule has 1 aromatic rings. The minimum atomic E-state index is 0.155. The Hall–Kier alpha value is -0.0600. The summed E-state index contributed by atoms with van der Waals surface area (Å²) in [4.78, 5) is 13.9. The second-order valence-electron chi connectivity index (χ2n) is 4.69. The molecule has 1 saturated heterocycles. The summed E-state index contributed by atoms with van der Waals surface area (Å²) in [7, 11) is 0. The third-order valence-electron chi connectivity index (χ3n) is 3.30. The van der Waals surface area contributed by atoms with Crippen molar-refractivity contribution in [3.8, 4) is 0 Å². The van der Waals surface area contributed by atoms with Crippen LogP contribution in [0.15, 0.2) is 15.0 Å². The highest BCUT2D eigenvalue weighted by atomic mass is 79.9. The first kappa shape index (κ1) is 14.4. The Morgan fingerprint density at radius 3 is 2.61 bits per heavy atom. The summed E-state index contributed by atoms with van der Waals surface area (Å²) >= 11 is 13.0. The summed E-state index contributed by atoms with van der Waals surface area (Å²) in [6.45, 7) is 4.78. The van der Waals surface area contributed by atoms with Crippen molar-refractivity contribution in [1.82, 2.24) is 0 Å². The lowest BCUT2D eigenvalue weighted by molar-refractivity contribution is -0.117. The molecule has 1 unspecified atom stereocenters. The molecule has 0 saturated carbocycles. The molecule has 1 aliphatic rings. The van der Waals surface area contributed by atoms with E-state index in [0.717, 1.165) is 25.8 Å². The molecule has 0 radical (unpaired) electrons. The third-order valence-corrected chi connectivity index (χ3v) is 5.95. The monoisotopic (exact) mass is 393 g/mol. The van der Waals surface area contributed by atoms with Crippen LogP contribution in [0.2, 0.25) is 0 Å². The number of benzene rings is 1. The van der Waals surface area contributed by atoms with Gasteiger partial charge in [0.1, 0.15) is 0 Å². The van der Waals surface area contributed by atoms with E-state index in [-0.39, 0.29) is 11.8 Å². The highest BCUT2D eigenvalue weighted by Gasteiger charge is 2.31. The standard InChI is InChI=1S/C13H14Br2ClNO/c1-7-3-10(13(15)8(2)12(7)14)17-6-9(5-16)4-11(17)18/h3,9H,4-6H2,1-2H3. The smallest absolute Gasteiger partial charge is 0.227 e. The molecule has 0 N–H and O–H groups in total.